The minimum absolute atomic E-state index is 0.0123. The third kappa shape index (κ3) is 2.31. The molecule has 3 aliphatic rings. The van der Waals surface area contributed by atoms with Crippen LogP contribution in [0.3, 0.4) is 0 Å². The monoisotopic (exact) mass is 313 g/mol. The molecule has 0 aromatic rings. The van der Waals surface area contributed by atoms with Crippen LogP contribution >= 0.6 is 0 Å². The number of rotatable bonds is 2. The molecule has 7 heteroatoms. The third-order valence-electron chi connectivity index (χ3n) is 5.03. The number of aliphatic imine (C=N–C) groups is 1. The molecular formula is C15H21F2N3O2. The van der Waals surface area contributed by atoms with Crippen LogP contribution in [0.25, 0.3) is 0 Å². The first kappa shape index (κ1) is 15.4. The summed E-state index contributed by atoms with van der Waals surface area (Å²) >= 11 is 0. The minimum Gasteiger partial charge on any atom is -0.480 e. The van der Waals surface area contributed by atoms with Crippen LogP contribution in [0.1, 0.15) is 33.6 Å². The Hall–Kier alpha value is -1.50. The second-order valence-corrected chi connectivity index (χ2v) is 6.46. The maximum Gasteiger partial charge on any atom is 0.321 e. The number of hydrogen-bond donors (Lipinski definition) is 1. The molecule has 3 heterocycles. The molecule has 0 bridgehead atoms. The lowest BCUT2D eigenvalue weighted by Gasteiger charge is -2.35. The summed E-state index contributed by atoms with van der Waals surface area (Å²) in [4.78, 5) is 19.5. The molecule has 2 fully saturated rings. The molecule has 0 aromatic carbocycles. The maximum absolute atomic E-state index is 13.8. The van der Waals surface area contributed by atoms with E-state index in [0.717, 1.165) is 17.1 Å². The highest BCUT2D eigenvalue weighted by Crippen LogP contribution is 2.41. The van der Waals surface area contributed by atoms with Crippen LogP contribution in [0.2, 0.25) is 0 Å². The number of amidine groups is 1. The summed E-state index contributed by atoms with van der Waals surface area (Å²) in [6, 6.07) is -1.37. The zero-order valence-corrected chi connectivity index (χ0v) is 13.0. The molecule has 5 nitrogen and oxygen atoms in total. The van der Waals surface area contributed by atoms with Gasteiger partial charge in [-0.05, 0) is 32.8 Å². The van der Waals surface area contributed by atoms with Crippen molar-refractivity contribution in [1.82, 2.24) is 9.80 Å². The van der Waals surface area contributed by atoms with Crippen molar-refractivity contribution >= 4 is 11.8 Å². The molecule has 3 unspecified atom stereocenters. The average Bonchev–Trinajstić information content (AvgIpc) is 2.97. The fraction of sp³-hybridized carbons (Fsp3) is 0.733. The van der Waals surface area contributed by atoms with Crippen molar-refractivity contribution in [3.8, 4) is 0 Å². The molecule has 1 N–H and O–H groups in total. The molecule has 0 spiro atoms. The molecule has 0 radical (unpaired) electrons. The summed E-state index contributed by atoms with van der Waals surface area (Å²) in [5.41, 5.74) is 2.02. The van der Waals surface area contributed by atoms with Crippen molar-refractivity contribution in [1.29, 1.82) is 0 Å². The Balaban J connectivity index is 1.95. The minimum atomic E-state index is -2.94. The predicted octanol–water partition coefficient (Wildman–Crippen LogP) is 1.95. The van der Waals surface area contributed by atoms with E-state index in [1.807, 2.05) is 20.8 Å². The van der Waals surface area contributed by atoms with Gasteiger partial charge >= 0.3 is 5.97 Å². The fourth-order valence-corrected chi connectivity index (χ4v) is 3.88. The highest BCUT2D eigenvalue weighted by Gasteiger charge is 2.53. The second kappa shape index (κ2) is 5.01. The van der Waals surface area contributed by atoms with Gasteiger partial charge in [-0.15, -0.1) is 0 Å². The van der Waals surface area contributed by atoms with Gasteiger partial charge in [-0.2, -0.15) is 0 Å². The van der Waals surface area contributed by atoms with E-state index in [9.17, 15) is 18.7 Å². The number of carboxylic acid groups (broad SMARTS) is 1. The first-order valence-corrected chi connectivity index (χ1v) is 7.60. The quantitative estimate of drug-likeness (QED) is 0.846. The van der Waals surface area contributed by atoms with Crippen LogP contribution in [0, 0.1) is 0 Å². The number of hydrogen-bond acceptors (Lipinski definition) is 4. The molecule has 3 rings (SSSR count). The average molecular weight is 313 g/mol. The van der Waals surface area contributed by atoms with Crippen LogP contribution < -0.4 is 0 Å². The number of alkyl halides is 2. The van der Waals surface area contributed by atoms with Gasteiger partial charge in [-0.25, -0.2) is 8.78 Å². The Morgan fingerprint density at radius 2 is 2.09 bits per heavy atom. The van der Waals surface area contributed by atoms with Gasteiger partial charge in [-0.3, -0.25) is 14.7 Å². The molecule has 3 atom stereocenters. The van der Waals surface area contributed by atoms with Crippen LogP contribution in [0.4, 0.5) is 8.78 Å². The lowest BCUT2D eigenvalue weighted by atomic mass is 10.0. The largest absolute Gasteiger partial charge is 0.480 e. The van der Waals surface area contributed by atoms with Crippen molar-refractivity contribution in [3.63, 3.8) is 0 Å². The molecule has 3 aliphatic heterocycles. The van der Waals surface area contributed by atoms with Gasteiger partial charge in [0, 0.05) is 18.7 Å². The van der Waals surface area contributed by atoms with Gasteiger partial charge < -0.3 is 10.0 Å². The molecular weight excluding hydrogens is 292 g/mol. The van der Waals surface area contributed by atoms with E-state index in [1.54, 1.807) is 0 Å². The topological polar surface area (TPSA) is 56.1 Å². The Labute approximate surface area is 128 Å². The number of likely N-dealkylation sites (tertiary alicyclic amines) is 1. The van der Waals surface area contributed by atoms with E-state index < -0.39 is 30.9 Å². The van der Waals surface area contributed by atoms with E-state index in [1.165, 1.54) is 4.90 Å². The molecule has 122 valence electrons. The van der Waals surface area contributed by atoms with Gasteiger partial charge in [0.05, 0.1) is 18.6 Å². The Bertz CT molecular complexity index is 573. The number of halogens is 2. The summed E-state index contributed by atoms with van der Waals surface area (Å²) in [5.74, 6) is -3.22. The summed E-state index contributed by atoms with van der Waals surface area (Å²) in [5, 5.41) is 9.31. The van der Waals surface area contributed by atoms with E-state index >= 15 is 0 Å². The normalized spacial score (nSPS) is 34.9. The van der Waals surface area contributed by atoms with Gasteiger partial charge in [-0.1, -0.05) is 0 Å². The van der Waals surface area contributed by atoms with Crippen molar-refractivity contribution in [3.05, 3.63) is 11.3 Å². The van der Waals surface area contributed by atoms with Gasteiger partial charge in [0.25, 0.3) is 5.92 Å². The van der Waals surface area contributed by atoms with Crippen molar-refractivity contribution < 1.29 is 18.7 Å². The Morgan fingerprint density at radius 1 is 1.41 bits per heavy atom. The summed E-state index contributed by atoms with van der Waals surface area (Å²) in [6.45, 7) is 6.08. The van der Waals surface area contributed by atoms with Crippen LogP contribution in [-0.4, -0.2) is 63.8 Å². The van der Waals surface area contributed by atoms with Crippen molar-refractivity contribution in [2.45, 2.75) is 57.7 Å². The van der Waals surface area contributed by atoms with Crippen LogP contribution in [0.5, 0.6) is 0 Å². The molecule has 2 saturated heterocycles. The van der Waals surface area contributed by atoms with E-state index in [2.05, 4.69) is 9.89 Å². The van der Waals surface area contributed by atoms with Crippen molar-refractivity contribution in [2.75, 3.05) is 13.1 Å². The number of carbonyl (C=O) groups is 1. The van der Waals surface area contributed by atoms with Crippen molar-refractivity contribution in [2.24, 2.45) is 4.99 Å². The number of carboxylic acids is 1. The molecule has 0 aliphatic carbocycles. The maximum atomic E-state index is 13.8. The number of nitrogens with zero attached hydrogens (tertiary/aromatic N) is 3. The lowest BCUT2D eigenvalue weighted by molar-refractivity contribution is -0.142. The molecule has 0 amide bonds. The van der Waals surface area contributed by atoms with E-state index in [-0.39, 0.29) is 12.1 Å². The summed E-state index contributed by atoms with van der Waals surface area (Å²) < 4.78 is 27.5. The SMILES string of the molecule is CC1=NC(C)C(C)=C2C(N3CC(F)(F)CC3C(=O)O)CCN12. The van der Waals surface area contributed by atoms with Gasteiger partial charge in [0.1, 0.15) is 11.9 Å². The zero-order chi connectivity index (χ0) is 16.2. The molecule has 22 heavy (non-hydrogen) atoms. The number of aliphatic carboxylic acids is 1. The Morgan fingerprint density at radius 3 is 2.73 bits per heavy atom. The van der Waals surface area contributed by atoms with E-state index in [4.69, 9.17) is 0 Å². The fourth-order valence-electron chi connectivity index (χ4n) is 3.88. The van der Waals surface area contributed by atoms with Crippen LogP contribution in [-0.2, 0) is 4.79 Å². The lowest BCUT2D eigenvalue weighted by Crippen LogP contribution is -2.45. The summed E-state index contributed by atoms with van der Waals surface area (Å²) in [6.07, 6.45) is 0.0555. The predicted molar refractivity (Wildman–Crippen MR) is 78.1 cm³/mol. The van der Waals surface area contributed by atoms with Gasteiger partial charge in [0.15, 0.2) is 0 Å². The van der Waals surface area contributed by atoms with Crippen LogP contribution in [0.15, 0.2) is 16.3 Å². The standard InChI is InChI=1S/C15H21F2N3O2/c1-8-9(2)18-10(3)19-5-4-11(13(8)19)20-7-15(16,17)6-12(20)14(21)22/h9,11-12H,4-7H2,1-3H3,(H,21,22). The smallest absolute Gasteiger partial charge is 0.321 e. The number of fused-ring (bicyclic) bond motifs is 1. The molecule has 0 aromatic heterocycles. The first-order chi connectivity index (χ1) is 10.2. The second-order valence-electron chi connectivity index (χ2n) is 6.46. The van der Waals surface area contributed by atoms with E-state index in [0.29, 0.717) is 13.0 Å². The Kier molecular flexibility index (Phi) is 3.51. The zero-order valence-electron chi connectivity index (χ0n) is 13.0. The molecule has 0 saturated carbocycles. The van der Waals surface area contributed by atoms with Gasteiger partial charge in [0.2, 0.25) is 0 Å². The highest BCUT2D eigenvalue weighted by atomic mass is 19.3. The third-order valence-corrected chi connectivity index (χ3v) is 5.03. The summed E-state index contributed by atoms with van der Waals surface area (Å²) in [7, 11) is 0. The first-order valence-electron chi connectivity index (χ1n) is 7.60. The highest BCUT2D eigenvalue weighted by molar-refractivity contribution is 5.84.